The predicted molar refractivity (Wildman–Crippen MR) is 83.5 cm³/mol. The molecule has 0 amide bonds. The zero-order valence-electron chi connectivity index (χ0n) is 12.1. The van der Waals surface area contributed by atoms with E-state index in [9.17, 15) is 0 Å². The Hall–Kier alpha value is -2.29. The minimum absolute atomic E-state index is 0. The van der Waals surface area contributed by atoms with Crippen LogP contribution in [0.15, 0.2) is 41.1 Å². The number of morpholine rings is 1. The number of hydrogen-bond acceptors (Lipinski definition) is 7. The van der Waals surface area contributed by atoms with E-state index >= 15 is 0 Å². The van der Waals surface area contributed by atoms with Gasteiger partial charge >= 0.3 is 0 Å². The van der Waals surface area contributed by atoms with E-state index in [0.717, 1.165) is 12.2 Å². The van der Waals surface area contributed by atoms with Gasteiger partial charge in [-0.15, -0.1) is 17.5 Å². The lowest BCUT2D eigenvalue weighted by Gasteiger charge is -2.20. The summed E-state index contributed by atoms with van der Waals surface area (Å²) < 4.78 is 10.7. The van der Waals surface area contributed by atoms with Gasteiger partial charge in [0, 0.05) is 6.54 Å². The first-order valence-electron chi connectivity index (χ1n) is 7.03. The molecule has 4 rings (SSSR count). The van der Waals surface area contributed by atoms with Crippen LogP contribution in [0.4, 0.5) is 0 Å². The maximum atomic E-state index is 5.40. The monoisotopic (exact) mass is 334 g/mol. The third kappa shape index (κ3) is 3.24. The lowest BCUT2D eigenvalue weighted by Crippen LogP contribution is -2.35. The number of benzene rings is 1. The van der Waals surface area contributed by atoms with Crippen LogP contribution in [0.2, 0.25) is 0 Å². The smallest absolute Gasteiger partial charge is 0.280 e. The average molecular weight is 335 g/mol. The second-order valence-electron chi connectivity index (χ2n) is 4.89. The van der Waals surface area contributed by atoms with Gasteiger partial charge in [0.15, 0.2) is 11.5 Å². The molecule has 23 heavy (non-hydrogen) atoms. The lowest BCUT2D eigenvalue weighted by atomic mass is 10.2. The Labute approximate surface area is 138 Å². The number of rotatable bonds is 3. The molecule has 1 N–H and O–H groups in total. The van der Waals surface area contributed by atoms with Crippen molar-refractivity contribution in [3.05, 3.63) is 42.4 Å². The van der Waals surface area contributed by atoms with Crippen LogP contribution in [0.5, 0.6) is 0 Å². The molecule has 1 unspecified atom stereocenters. The molecule has 0 bridgehead atoms. The molecule has 1 saturated heterocycles. The summed E-state index contributed by atoms with van der Waals surface area (Å²) in [7, 11) is 0. The lowest BCUT2D eigenvalue weighted by molar-refractivity contribution is 0.0734. The van der Waals surface area contributed by atoms with E-state index in [1.165, 1.54) is 4.80 Å². The quantitative estimate of drug-likeness (QED) is 0.774. The molecule has 0 spiro atoms. The third-order valence-electron chi connectivity index (χ3n) is 3.37. The summed E-state index contributed by atoms with van der Waals surface area (Å²) in [5.74, 6) is 0.925. The van der Waals surface area contributed by atoms with Crippen molar-refractivity contribution in [1.82, 2.24) is 30.5 Å². The zero-order valence-corrected chi connectivity index (χ0v) is 12.9. The maximum absolute atomic E-state index is 5.40. The topological polar surface area (TPSA) is 90.9 Å². The third-order valence-corrected chi connectivity index (χ3v) is 3.37. The highest BCUT2D eigenvalue weighted by molar-refractivity contribution is 5.85. The molecule has 3 heterocycles. The minimum Gasteiger partial charge on any atom is -0.378 e. The number of nitrogens with one attached hydrogen (secondary N) is 1. The largest absolute Gasteiger partial charge is 0.378 e. The van der Waals surface area contributed by atoms with Gasteiger partial charge in [-0.1, -0.05) is 23.4 Å². The highest BCUT2D eigenvalue weighted by Crippen LogP contribution is 2.18. The molecule has 0 radical (unpaired) electrons. The zero-order chi connectivity index (χ0) is 14.8. The Morgan fingerprint density at radius 2 is 2.09 bits per heavy atom. The molecule has 1 atom stereocenters. The fourth-order valence-electron chi connectivity index (χ4n) is 2.26. The van der Waals surface area contributed by atoms with Crippen molar-refractivity contribution in [3.8, 4) is 17.3 Å². The highest BCUT2D eigenvalue weighted by Gasteiger charge is 2.22. The molecule has 0 aliphatic carbocycles. The van der Waals surface area contributed by atoms with Crippen LogP contribution in [-0.2, 0) is 4.74 Å². The number of para-hydroxylation sites is 1. The van der Waals surface area contributed by atoms with E-state index in [0.29, 0.717) is 30.6 Å². The number of halogens is 1. The second-order valence-corrected chi connectivity index (χ2v) is 4.89. The molecule has 1 aliphatic rings. The van der Waals surface area contributed by atoms with E-state index in [-0.39, 0.29) is 18.4 Å². The second kappa shape index (κ2) is 6.86. The first kappa shape index (κ1) is 15.6. The van der Waals surface area contributed by atoms with Crippen molar-refractivity contribution in [2.24, 2.45) is 0 Å². The van der Waals surface area contributed by atoms with Gasteiger partial charge in [0.25, 0.3) is 5.89 Å². The normalized spacial score (nSPS) is 17.7. The summed E-state index contributed by atoms with van der Waals surface area (Å²) in [4.78, 5) is 5.90. The van der Waals surface area contributed by atoms with Crippen molar-refractivity contribution >= 4 is 12.4 Å². The van der Waals surface area contributed by atoms with Crippen LogP contribution in [0.3, 0.4) is 0 Å². The van der Waals surface area contributed by atoms with Gasteiger partial charge in [0.1, 0.15) is 0 Å². The molecule has 2 aromatic heterocycles. The van der Waals surface area contributed by atoms with E-state index in [2.05, 4.69) is 25.7 Å². The van der Waals surface area contributed by atoms with Crippen molar-refractivity contribution in [2.45, 2.75) is 6.04 Å². The molecule has 3 aromatic rings. The van der Waals surface area contributed by atoms with Crippen molar-refractivity contribution in [2.75, 3.05) is 19.8 Å². The molecule has 9 heteroatoms. The molecule has 1 fully saturated rings. The van der Waals surface area contributed by atoms with Crippen LogP contribution in [0, 0.1) is 0 Å². The molecule has 120 valence electrons. The molecule has 1 aromatic carbocycles. The summed E-state index contributed by atoms with van der Waals surface area (Å²) in [6, 6.07) is 9.60. The first-order valence-corrected chi connectivity index (χ1v) is 7.03. The van der Waals surface area contributed by atoms with E-state index in [4.69, 9.17) is 9.26 Å². The van der Waals surface area contributed by atoms with E-state index in [1.54, 1.807) is 6.20 Å². The van der Waals surface area contributed by atoms with Gasteiger partial charge in [-0.2, -0.15) is 14.9 Å². The summed E-state index contributed by atoms with van der Waals surface area (Å²) in [5, 5.41) is 15.9. The Kier molecular flexibility index (Phi) is 4.65. The molecule has 8 nitrogen and oxygen atoms in total. The Balaban J connectivity index is 0.00000156. The van der Waals surface area contributed by atoms with Gasteiger partial charge in [-0.25, -0.2) is 0 Å². The van der Waals surface area contributed by atoms with E-state index in [1.807, 2.05) is 30.3 Å². The van der Waals surface area contributed by atoms with Gasteiger partial charge in [0.05, 0.1) is 31.1 Å². The van der Waals surface area contributed by atoms with Crippen LogP contribution in [-0.4, -0.2) is 44.9 Å². The highest BCUT2D eigenvalue weighted by atomic mass is 35.5. The fraction of sp³-hybridized carbons (Fsp3) is 0.286. The summed E-state index contributed by atoms with van der Waals surface area (Å²) in [6.45, 7) is 2.01. The minimum atomic E-state index is -0.0459. The van der Waals surface area contributed by atoms with Gasteiger partial charge < -0.3 is 14.6 Å². The fourth-order valence-corrected chi connectivity index (χ4v) is 2.26. The van der Waals surface area contributed by atoms with Crippen LogP contribution < -0.4 is 5.32 Å². The summed E-state index contributed by atoms with van der Waals surface area (Å²) >= 11 is 0. The molecule has 0 saturated carbocycles. The summed E-state index contributed by atoms with van der Waals surface area (Å²) in [6.07, 6.45) is 1.61. The maximum Gasteiger partial charge on any atom is 0.280 e. The number of hydrogen-bond donors (Lipinski definition) is 1. The van der Waals surface area contributed by atoms with Crippen molar-refractivity contribution in [3.63, 3.8) is 0 Å². The van der Waals surface area contributed by atoms with Crippen molar-refractivity contribution < 1.29 is 9.26 Å². The molecular weight excluding hydrogens is 320 g/mol. The van der Waals surface area contributed by atoms with Gasteiger partial charge in [0.2, 0.25) is 0 Å². The van der Waals surface area contributed by atoms with Crippen molar-refractivity contribution in [1.29, 1.82) is 0 Å². The number of ether oxygens (including phenoxy) is 1. The Bertz CT molecular complexity index is 753. The molecular formula is C14H15ClN6O2. The summed E-state index contributed by atoms with van der Waals surface area (Å²) in [5.41, 5.74) is 1.41. The van der Waals surface area contributed by atoms with Crippen LogP contribution >= 0.6 is 12.4 Å². The first-order chi connectivity index (χ1) is 10.9. The molecule has 1 aliphatic heterocycles. The van der Waals surface area contributed by atoms with Crippen LogP contribution in [0.25, 0.3) is 17.3 Å². The number of nitrogens with zero attached hydrogens (tertiary/aromatic N) is 5. The Morgan fingerprint density at radius 1 is 1.22 bits per heavy atom. The predicted octanol–water partition coefficient (Wildman–Crippen LogP) is 1.40. The SMILES string of the molecule is Cl.c1ccc(-n2ncc(-c3nc(C4COCCN4)no3)n2)cc1. The van der Waals surface area contributed by atoms with Gasteiger partial charge in [-0.05, 0) is 12.1 Å². The standard InChI is InChI=1S/C14H14N6O2.ClH/c1-2-4-10(5-3-1)20-16-8-11(18-20)14-17-13(19-22-14)12-9-21-7-6-15-12;/h1-5,8,12,15H,6-7,9H2;1H. The average Bonchev–Trinajstić information content (AvgIpc) is 3.26. The van der Waals surface area contributed by atoms with Gasteiger partial charge in [-0.3, -0.25) is 0 Å². The number of aromatic nitrogens is 5. The van der Waals surface area contributed by atoms with Crippen LogP contribution in [0.1, 0.15) is 11.9 Å². The Morgan fingerprint density at radius 3 is 2.87 bits per heavy atom. The van der Waals surface area contributed by atoms with E-state index < -0.39 is 0 Å².